The van der Waals surface area contributed by atoms with Crippen LogP contribution in [0.15, 0.2) is 60.7 Å². The van der Waals surface area contributed by atoms with Crippen molar-refractivity contribution in [1.82, 2.24) is 9.80 Å². The zero-order valence-electron chi connectivity index (χ0n) is 17.6. The number of carbonyl (C=O) groups is 1. The van der Waals surface area contributed by atoms with Crippen molar-refractivity contribution in [3.05, 3.63) is 66.2 Å². The van der Waals surface area contributed by atoms with E-state index in [4.69, 9.17) is 0 Å². The Kier molecular flexibility index (Phi) is 7.70. The first kappa shape index (κ1) is 20.9. The van der Waals surface area contributed by atoms with E-state index in [2.05, 4.69) is 65.4 Å². The van der Waals surface area contributed by atoms with Gasteiger partial charge in [0, 0.05) is 57.2 Å². The number of piperazine rings is 1. The lowest BCUT2D eigenvalue weighted by Crippen LogP contribution is -2.49. The first-order valence-corrected chi connectivity index (χ1v) is 10.5. The van der Waals surface area contributed by atoms with Gasteiger partial charge in [0.2, 0.25) is 0 Å². The molecule has 1 aliphatic heterocycles. The van der Waals surface area contributed by atoms with Crippen molar-refractivity contribution < 1.29 is 4.79 Å². The SMILES string of the molecule is CCN(CC)c1ccc(NC(=O)N2CCN(C/C=C/c3ccccc3)CC2)cc1. The average molecular weight is 393 g/mol. The number of hydrogen-bond donors (Lipinski definition) is 1. The van der Waals surface area contributed by atoms with Gasteiger partial charge in [-0.05, 0) is 43.7 Å². The van der Waals surface area contributed by atoms with Gasteiger partial charge in [0.25, 0.3) is 0 Å². The minimum atomic E-state index is -0.0138. The molecule has 0 saturated carbocycles. The van der Waals surface area contributed by atoms with E-state index in [9.17, 15) is 4.79 Å². The van der Waals surface area contributed by atoms with Gasteiger partial charge in [-0.3, -0.25) is 4.90 Å². The highest BCUT2D eigenvalue weighted by Gasteiger charge is 2.20. The third-order valence-corrected chi connectivity index (χ3v) is 5.38. The topological polar surface area (TPSA) is 38.8 Å². The van der Waals surface area contributed by atoms with E-state index >= 15 is 0 Å². The van der Waals surface area contributed by atoms with Crippen LogP contribution in [0.2, 0.25) is 0 Å². The molecule has 0 aromatic heterocycles. The molecule has 0 unspecified atom stereocenters. The van der Waals surface area contributed by atoms with Crippen LogP contribution in [-0.2, 0) is 0 Å². The zero-order valence-corrected chi connectivity index (χ0v) is 17.6. The summed E-state index contributed by atoms with van der Waals surface area (Å²) in [7, 11) is 0. The third-order valence-electron chi connectivity index (χ3n) is 5.38. The molecule has 1 aliphatic rings. The Labute approximate surface area is 174 Å². The molecule has 0 atom stereocenters. The number of carbonyl (C=O) groups excluding carboxylic acids is 1. The lowest BCUT2D eigenvalue weighted by Gasteiger charge is -2.34. The molecule has 0 spiro atoms. The standard InChI is InChI=1S/C24H32N4O/c1-3-27(4-2)23-14-12-22(13-15-23)25-24(29)28-19-17-26(18-20-28)16-8-11-21-9-6-5-7-10-21/h5-15H,3-4,16-20H2,1-2H3,(H,25,29)/b11-8+. The second-order valence-electron chi connectivity index (χ2n) is 7.25. The number of hydrogen-bond acceptors (Lipinski definition) is 3. The van der Waals surface area contributed by atoms with Gasteiger partial charge in [-0.1, -0.05) is 42.5 Å². The molecule has 154 valence electrons. The lowest BCUT2D eigenvalue weighted by molar-refractivity contribution is 0.156. The van der Waals surface area contributed by atoms with E-state index in [1.54, 1.807) is 0 Å². The molecular formula is C24H32N4O. The summed E-state index contributed by atoms with van der Waals surface area (Å²) in [5.74, 6) is 0. The van der Waals surface area contributed by atoms with E-state index < -0.39 is 0 Å². The second kappa shape index (κ2) is 10.7. The Morgan fingerprint density at radius 3 is 2.24 bits per heavy atom. The van der Waals surface area contributed by atoms with Crippen LogP contribution in [0.5, 0.6) is 0 Å². The Morgan fingerprint density at radius 1 is 0.966 bits per heavy atom. The second-order valence-corrected chi connectivity index (χ2v) is 7.25. The Bertz CT molecular complexity index is 776. The fraction of sp³-hybridized carbons (Fsp3) is 0.375. The first-order valence-electron chi connectivity index (χ1n) is 10.5. The number of nitrogens with zero attached hydrogens (tertiary/aromatic N) is 3. The molecule has 2 amide bonds. The van der Waals surface area contributed by atoms with Crippen molar-refractivity contribution in [2.24, 2.45) is 0 Å². The van der Waals surface area contributed by atoms with Crippen LogP contribution in [-0.4, -0.2) is 61.6 Å². The number of nitrogens with one attached hydrogen (secondary N) is 1. The van der Waals surface area contributed by atoms with Gasteiger partial charge in [0.1, 0.15) is 0 Å². The normalized spacial score (nSPS) is 14.9. The van der Waals surface area contributed by atoms with Gasteiger partial charge in [0.05, 0.1) is 0 Å². The molecule has 0 bridgehead atoms. The number of rotatable bonds is 7. The summed E-state index contributed by atoms with van der Waals surface area (Å²) in [4.78, 5) is 19.1. The van der Waals surface area contributed by atoms with Gasteiger partial charge < -0.3 is 15.1 Å². The predicted octanol–water partition coefficient (Wildman–Crippen LogP) is 4.40. The van der Waals surface area contributed by atoms with Crippen LogP contribution < -0.4 is 10.2 Å². The predicted molar refractivity (Wildman–Crippen MR) is 123 cm³/mol. The Hall–Kier alpha value is -2.79. The summed E-state index contributed by atoms with van der Waals surface area (Å²) in [6.45, 7) is 10.5. The minimum Gasteiger partial charge on any atom is -0.372 e. The third kappa shape index (κ3) is 6.09. The highest BCUT2D eigenvalue weighted by Crippen LogP contribution is 2.18. The summed E-state index contributed by atoms with van der Waals surface area (Å²) >= 11 is 0. The molecule has 1 heterocycles. The monoisotopic (exact) mass is 392 g/mol. The van der Waals surface area contributed by atoms with E-state index in [-0.39, 0.29) is 6.03 Å². The molecule has 0 radical (unpaired) electrons. The Morgan fingerprint density at radius 2 is 1.62 bits per heavy atom. The maximum absolute atomic E-state index is 12.6. The smallest absolute Gasteiger partial charge is 0.321 e. The lowest BCUT2D eigenvalue weighted by atomic mass is 10.2. The molecule has 1 fully saturated rings. The summed E-state index contributed by atoms with van der Waals surface area (Å²) < 4.78 is 0. The van der Waals surface area contributed by atoms with Gasteiger partial charge >= 0.3 is 6.03 Å². The number of urea groups is 1. The molecule has 5 nitrogen and oxygen atoms in total. The molecule has 29 heavy (non-hydrogen) atoms. The molecule has 2 aromatic rings. The zero-order chi connectivity index (χ0) is 20.5. The van der Waals surface area contributed by atoms with E-state index in [1.165, 1.54) is 11.3 Å². The van der Waals surface area contributed by atoms with Gasteiger partial charge in [-0.25, -0.2) is 4.79 Å². The van der Waals surface area contributed by atoms with Gasteiger partial charge in [0.15, 0.2) is 0 Å². The van der Waals surface area contributed by atoms with E-state index in [0.29, 0.717) is 0 Å². The molecule has 0 aliphatic carbocycles. The number of amides is 2. The van der Waals surface area contributed by atoms with E-state index in [0.717, 1.165) is 51.5 Å². The molecule has 1 saturated heterocycles. The highest BCUT2D eigenvalue weighted by atomic mass is 16.2. The van der Waals surface area contributed by atoms with Crippen molar-refractivity contribution in [1.29, 1.82) is 0 Å². The molecule has 2 aromatic carbocycles. The molecular weight excluding hydrogens is 360 g/mol. The highest BCUT2D eigenvalue weighted by molar-refractivity contribution is 5.89. The maximum atomic E-state index is 12.6. The quantitative estimate of drug-likeness (QED) is 0.759. The fourth-order valence-corrected chi connectivity index (χ4v) is 3.58. The summed E-state index contributed by atoms with van der Waals surface area (Å²) in [6.07, 6.45) is 4.35. The fourth-order valence-electron chi connectivity index (χ4n) is 3.58. The average Bonchev–Trinajstić information content (AvgIpc) is 2.77. The van der Waals surface area contributed by atoms with Crippen LogP contribution in [0.3, 0.4) is 0 Å². The van der Waals surface area contributed by atoms with Crippen LogP contribution >= 0.6 is 0 Å². The van der Waals surface area contributed by atoms with Crippen molar-refractivity contribution in [2.75, 3.05) is 56.0 Å². The van der Waals surface area contributed by atoms with Gasteiger partial charge in [-0.15, -0.1) is 0 Å². The molecule has 1 N–H and O–H groups in total. The molecule has 5 heteroatoms. The van der Waals surface area contributed by atoms with E-state index in [1.807, 2.05) is 35.2 Å². The summed E-state index contributed by atoms with van der Waals surface area (Å²) in [5.41, 5.74) is 3.25. The molecule has 3 rings (SSSR count). The van der Waals surface area contributed by atoms with Crippen molar-refractivity contribution in [2.45, 2.75) is 13.8 Å². The van der Waals surface area contributed by atoms with Crippen LogP contribution in [0.25, 0.3) is 6.08 Å². The van der Waals surface area contributed by atoms with Crippen LogP contribution in [0, 0.1) is 0 Å². The van der Waals surface area contributed by atoms with Crippen LogP contribution in [0.1, 0.15) is 19.4 Å². The maximum Gasteiger partial charge on any atom is 0.321 e. The number of anilines is 2. The van der Waals surface area contributed by atoms with Crippen molar-refractivity contribution >= 4 is 23.5 Å². The van der Waals surface area contributed by atoms with Crippen LogP contribution in [0.4, 0.5) is 16.2 Å². The Balaban J connectivity index is 1.43. The minimum absolute atomic E-state index is 0.0138. The largest absolute Gasteiger partial charge is 0.372 e. The summed E-state index contributed by atoms with van der Waals surface area (Å²) in [5, 5.41) is 3.03. The van der Waals surface area contributed by atoms with Gasteiger partial charge in [-0.2, -0.15) is 0 Å². The van der Waals surface area contributed by atoms with Crippen molar-refractivity contribution in [3.8, 4) is 0 Å². The van der Waals surface area contributed by atoms with Crippen molar-refractivity contribution in [3.63, 3.8) is 0 Å². The number of benzene rings is 2. The first-order chi connectivity index (χ1) is 14.2. The summed E-state index contributed by atoms with van der Waals surface area (Å²) in [6, 6.07) is 18.4.